The van der Waals surface area contributed by atoms with Crippen molar-refractivity contribution in [1.82, 2.24) is 9.13 Å². The number of hydrogen-bond donors (Lipinski definition) is 0. The van der Waals surface area contributed by atoms with Gasteiger partial charge in [0.05, 0.1) is 22.1 Å². The smallest absolute Gasteiger partial charge is 0.0547 e. The summed E-state index contributed by atoms with van der Waals surface area (Å²) in [7, 11) is 0. The van der Waals surface area contributed by atoms with E-state index >= 15 is 0 Å². The van der Waals surface area contributed by atoms with Crippen LogP contribution in [0.25, 0.3) is 99.1 Å². The fraction of sp³-hybridized carbons (Fsp3) is 0. The number of para-hydroxylation sites is 3. The zero-order valence-corrected chi connectivity index (χ0v) is 29.5. The van der Waals surface area contributed by atoms with Crippen molar-refractivity contribution in [2.45, 2.75) is 0 Å². The average molecular weight is 687 g/mol. The maximum Gasteiger partial charge on any atom is 0.0547 e. The molecule has 0 aliphatic heterocycles. The second kappa shape index (κ2) is 12.2. The van der Waals surface area contributed by atoms with Gasteiger partial charge in [0.15, 0.2) is 0 Å². The lowest BCUT2D eigenvalue weighted by atomic mass is 9.98. The molecule has 0 amide bonds. The maximum absolute atomic E-state index is 2.41. The van der Waals surface area contributed by atoms with E-state index < -0.39 is 0 Å². The zero-order chi connectivity index (χ0) is 35.6. The maximum atomic E-state index is 2.41. The van der Waals surface area contributed by atoms with E-state index in [0.29, 0.717) is 0 Å². The Morgan fingerprint density at radius 2 is 0.685 bits per heavy atom. The van der Waals surface area contributed by atoms with Gasteiger partial charge >= 0.3 is 0 Å². The Morgan fingerprint density at radius 1 is 0.222 bits per heavy atom. The number of aromatic nitrogens is 2. The van der Waals surface area contributed by atoms with Crippen molar-refractivity contribution >= 4 is 54.4 Å². The molecule has 2 nitrogen and oxygen atoms in total. The van der Waals surface area contributed by atoms with Gasteiger partial charge in [0.2, 0.25) is 0 Å². The standard InChI is InChI=1S/C52H34N2/c1-3-11-35(12-4-1)38-23-24-40-32-44(28-25-39(40)31-38)54-50-18-10-8-16-46(50)48-33-41(27-30-51(48)54)36-19-21-37(22-20-36)42-26-29-47-45-15-7-9-17-49(45)53(52(47)34-42)43-13-5-2-6-14-43/h1-34H. The van der Waals surface area contributed by atoms with Crippen molar-refractivity contribution in [3.05, 3.63) is 206 Å². The molecule has 0 N–H and O–H groups in total. The lowest BCUT2D eigenvalue weighted by molar-refractivity contribution is 1.18. The van der Waals surface area contributed by atoms with Crippen molar-refractivity contribution < 1.29 is 0 Å². The van der Waals surface area contributed by atoms with Crippen LogP contribution in [0.15, 0.2) is 206 Å². The van der Waals surface area contributed by atoms with E-state index in [0.717, 1.165) is 0 Å². The van der Waals surface area contributed by atoms with Gasteiger partial charge in [-0.1, -0.05) is 146 Å². The van der Waals surface area contributed by atoms with Gasteiger partial charge in [0, 0.05) is 32.9 Å². The minimum Gasteiger partial charge on any atom is -0.309 e. The molecule has 0 radical (unpaired) electrons. The van der Waals surface area contributed by atoms with Crippen LogP contribution in [0.2, 0.25) is 0 Å². The molecule has 0 fully saturated rings. The van der Waals surface area contributed by atoms with Crippen LogP contribution in [0.1, 0.15) is 0 Å². The highest BCUT2D eigenvalue weighted by atomic mass is 15.0. The van der Waals surface area contributed by atoms with E-state index in [1.807, 2.05) is 0 Å². The first-order valence-electron chi connectivity index (χ1n) is 18.6. The molecule has 0 saturated heterocycles. The van der Waals surface area contributed by atoms with E-state index in [-0.39, 0.29) is 0 Å². The molecule has 0 bridgehead atoms. The van der Waals surface area contributed by atoms with E-state index in [4.69, 9.17) is 0 Å². The summed E-state index contributed by atoms with van der Waals surface area (Å²) in [6.45, 7) is 0. The van der Waals surface area contributed by atoms with Crippen LogP contribution in [0.4, 0.5) is 0 Å². The van der Waals surface area contributed by atoms with Gasteiger partial charge in [-0.05, 0) is 105 Å². The highest BCUT2D eigenvalue weighted by molar-refractivity contribution is 6.11. The average Bonchev–Trinajstić information content (AvgIpc) is 3.76. The number of hydrogen-bond acceptors (Lipinski definition) is 0. The van der Waals surface area contributed by atoms with Crippen molar-refractivity contribution in [2.24, 2.45) is 0 Å². The zero-order valence-electron chi connectivity index (χ0n) is 29.5. The fourth-order valence-electron chi connectivity index (χ4n) is 8.47. The number of nitrogens with zero attached hydrogens (tertiary/aromatic N) is 2. The van der Waals surface area contributed by atoms with Crippen molar-refractivity contribution in [3.63, 3.8) is 0 Å². The van der Waals surface area contributed by atoms with Gasteiger partial charge in [-0.2, -0.15) is 0 Å². The molecule has 11 aromatic rings. The molecule has 0 spiro atoms. The lowest BCUT2D eigenvalue weighted by Crippen LogP contribution is -1.94. The highest BCUT2D eigenvalue weighted by Crippen LogP contribution is 2.38. The molecule has 9 aromatic carbocycles. The third kappa shape index (κ3) is 4.88. The Balaban J connectivity index is 0.968. The molecule has 0 unspecified atom stereocenters. The SMILES string of the molecule is c1ccc(-c2ccc3cc(-n4c5ccccc5c5cc(-c6ccc(-c7ccc8c9ccccc9n(-c9ccccc9)c8c7)cc6)ccc54)ccc3c2)cc1. The largest absolute Gasteiger partial charge is 0.309 e. The minimum atomic E-state index is 1.17. The number of benzene rings is 9. The third-order valence-electron chi connectivity index (χ3n) is 11.1. The van der Waals surface area contributed by atoms with E-state index in [1.54, 1.807) is 0 Å². The Labute approximate surface area is 313 Å². The van der Waals surface area contributed by atoms with Gasteiger partial charge in [-0.25, -0.2) is 0 Å². The highest BCUT2D eigenvalue weighted by Gasteiger charge is 2.16. The van der Waals surface area contributed by atoms with Gasteiger partial charge in [0.1, 0.15) is 0 Å². The predicted octanol–water partition coefficient (Wildman–Crippen LogP) is 14.0. The lowest BCUT2D eigenvalue weighted by Gasteiger charge is -2.11. The summed E-state index contributed by atoms with van der Waals surface area (Å²) in [4.78, 5) is 0. The first kappa shape index (κ1) is 30.5. The normalized spacial score (nSPS) is 11.7. The first-order chi connectivity index (χ1) is 26.8. The van der Waals surface area contributed by atoms with Gasteiger partial charge in [-0.15, -0.1) is 0 Å². The second-order valence-corrected chi connectivity index (χ2v) is 14.2. The summed E-state index contributed by atoms with van der Waals surface area (Å²) >= 11 is 0. The summed E-state index contributed by atoms with van der Waals surface area (Å²) in [5, 5.41) is 7.52. The van der Waals surface area contributed by atoms with E-state index in [2.05, 4.69) is 215 Å². The summed E-state index contributed by atoms with van der Waals surface area (Å²) < 4.78 is 4.79. The molecule has 11 rings (SSSR count). The van der Waals surface area contributed by atoms with Gasteiger partial charge < -0.3 is 9.13 Å². The Bertz CT molecular complexity index is 3180. The molecule has 54 heavy (non-hydrogen) atoms. The van der Waals surface area contributed by atoms with Crippen molar-refractivity contribution in [2.75, 3.05) is 0 Å². The molecule has 2 aromatic heterocycles. The van der Waals surface area contributed by atoms with Crippen molar-refractivity contribution in [1.29, 1.82) is 0 Å². The Hall–Kier alpha value is -7.16. The Morgan fingerprint density at radius 3 is 1.43 bits per heavy atom. The molecule has 2 heterocycles. The molecular formula is C52H34N2. The first-order valence-corrected chi connectivity index (χ1v) is 18.6. The van der Waals surface area contributed by atoms with Crippen molar-refractivity contribution in [3.8, 4) is 44.8 Å². The molecule has 0 aliphatic carbocycles. The minimum absolute atomic E-state index is 1.17. The summed E-state index contributed by atoms with van der Waals surface area (Å²) in [6.07, 6.45) is 0. The number of fused-ring (bicyclic) bond motifs is 7. The second-order valence-electron chi connectivity index (χ2n) is 14.2. The quantitative estimate of drug-likeness (QED) is 0.171. The van der Waals surface area contributed by atoms with Crippen LogP contribution in [0.3, 0.4) is 0 Å². The molecular weight excluding hydrogens is 653 g/mol. The molecule has 2 heteroatoms. The molecule has 0 atom stereocenters. The molecule has 0 saturated carbocycles. The Kier molecular flexibility index (Phi) is 6.90. The summed E-state index contributed by atoms with van der Waals surface area (Å²) in [5.41, 5.74) is 14.5. The van der Waals surface area contributed by atoms with Gasteiger partial charge in [0.25, 0.3) is 0 Å². The van der Waals surface area contributed by atoms with Crippen LogP contribution in [-0.4, -0.2) is 9.13 Å². The number of rotatable bonds is 5. The van der Waals surface area contributed by atoms with Crippen LogP contribution >= 0.6 is 0 Å². The third-order valence-corrected chi connectivity index (χ3v) is 11.1. The molecule has 252 valence electrons. The van der Waals surface area contributed by atoms with Gasteiger partial charge in [-0.3, -0.25) is 0 Å². The van der Waals surface area contributed by atoms with E-state index in [9.17, 15) is 0 Å². The topological polar surface area (TPSA) is 9.86 Å². The van der Waals surface area contributed by atoms with Crippen LogP contribution < -0.4 is 0 Å². The summed E-state index contributed by atoms with van der Waals surface area (Å²) in [5.74, 6) is 0. The molecule has 0 aliphatic rings. The van der Waals surface area contributed by atoms with Crippen LogP contribution in [0.5, 0.6) is 0 Å². The van der Waals surface area contributed by atoms with Crippen LogP contribution in [-0.2, 0) is 0 Å². The predicted molar refractivity (Wildman–Crippen MR) is 229 cm³/mol. The monoisotopic (exact) mass is 686 g/mol. The van der Waals surface area contributed by atoms with E-state index in [1.165, 1.54) is 99.1 Å². The van der Waals surface area contributed by atoms with Crippen LogP contribution in [0, 0.1) is 0 Å². The summed E-state index contributed by atoms with van der Waals surface area (Å²) in [6, 6.07) is 75.2. The fourth-order valence-corrected chi connectivity index (χ4v) is 8.47.